The van der Waals surface area contributed by atoms with Gasteiger partial charge in [-0.3, -0.25) is 4.79 Å². The number of aliphatic hydroxyl groups excluding tert-OH is 1. The average Bonchev–Trinajstić information content (AvgIpc) is 2.84. The van der Waals surface area contributed by atoms with Crippen molar-refractivity contribution in [2.45, 2.75) is 13.3 Å². The zero-order valence-corrected chi connectivity index (χ0v) is 8.64. The van der Waals surface area contributed by atoms with Gasteiger partial charge >= 0.3 is 0 Å². The molecule has 1 fully saturated rings. The molecule has 5 nitrogen and oxygen atoms in total. The third-order valence-electron chi connectivity index (χ3n) is 2.81. The molecule has 0 saturated carbocycles. The molecule has 15 heavy (non-hydrogen) atoms. The van der Waals surface area contributed by atoms with Crippen LogP contribution in [0.5, 0.6) is 0 Å². The summed E-state index contributed by atoms with van der Waals surface area (Å²) in [6.07, 6.45) is 2.32. The van der Waals surface area contributed by atoms with Crippen molar-refractivity contribution in [1.29, 1.82) is 0 Å². The van der Waals surface area contributed by atoms with Crippen molar-refractivity contribution in [1.82, 2.24) is 10.1 Å². The Balaban J connectivity index is 2.07. The number of aliphatic hydroxyl groups is 1. The van der Waals surface area contributed by atoms with Crippen LogP contribution in [0.25, 0.3) is 0 Å². The number of rotatable bonds is 2. The van der Waals surface area contributed by atoms with E-state index in [9.17, 15) is 4.79 Å². The molecular weight excluding hydrogens is 196 g/mol. The van der Waals surface area contributed by atoms with Gasteiger partial charge in [-0.05, 0) is 13.3 Å². The number of nitrogens with zero attached hydrogens (tertiary/aromatic N) is 2. The lowest BCUT2D eigenvalue weighted by atomic mass is 10.1. The minimum absolute atomic E-state index is 0.0512. The predicted octanol–water partition coefficient (Wildman–Crippen LogP) is 0.437. The van der Waals surface area contributed by atoms with Crippen LogP contribution in [0.3, 0.4) is 0 Å². The lowest BCUT2D eigenvalue weighted by Gasteiger charge is -2.14. The Morgan fingerprint density at radius 1 is 1.80 bits per heavy atom. The summed E-state index contributed by atoms with van der Waals surface area (Å²) >= 11 is 0. The maximum atomic E-state index is 11.9. The van der Waals surface area contributed by atoms with Crippen molar-refractivity contribution in [3.8, 4) is 0 Å². The molecule has 1 saturated heterocycles. The van der Waals surface area contributed by atoms with E-state index in [1.807, 2.05) is 0 Å². The highest BCUT2D eigenvalue weighted by atomic mass is 16.5. The number of aromatic nitrogens is 1. The fourth-order valence-corrected chi connectivity index (χ4v) is 1.84. The fraction of sp³-hybridized carbons (Fsp3) is 0.600. The fourth-order valence-electron chi connectivity index (χ4n) is 1.84. The minimum atomic E-state index is -0.0512. The summed E-state index contributed by atoms with van der Waals surface area (Å²) in [5.74, 6) is 0.714. The Kier molecular flexibility index (Phi) is 2.73. The van der Waals surface area contributed by atoms with Crippen LogP contribution in [0.15, 0.2) is 10.7 Å². The van der Waals surface area contributed by atoms with E-state index in [4.69, 9.17) is 9.63 Å². The molecule has 0 bridgehead atoms. The normalized spacial score (nSPS) is 20.9. The molecule has 0 spiro atoms. The van der Waals surface area contributed by atoms with E-state index in [1.54, 1.807) is 11.8 Å². The van der Waals surface area contributed by atoms with Crippen LogP contribution >= 0.6 is 0 Å². The van der Waals surface area contributed by atoms with Gasteiger partial charge in [-0.1, -0.05) is 5.16 Å². The highest BCUT2D eigenvalue weighted by Crippen LogP contribution is 2.19. The van der Waals surface area contributed by atoms with Gasteiger partial charge < -0.3 is 14.5 Å². The molecule has 82 valence electrons. The standard InChI is InChI=1S/C10H14N2O3/c1-7-9(4-11-15-7)10(14)12-3-2-8(5-12)6-13/h4,8,13H,2-3,5-6H2,1H3. The summed E-state index contributed by atoms with van der Waals surface area (Å²) in [6.45, 7) is 3.20. The summed E-state index contributed by atoms with van der Waals surface area (Å²) in [7, 11) is 0. The van der Waals surface area contributed by atoms with Crippen molar-refractivity contribution in [2.75, 3.05) is 19.7 Å². The lowest BCUT2D eigenvalue weighted by Crippen LogP contribution is -2.29. The van der Waals surface area contributed by atoms with E-state index in [-0.39, 0.29) is 18.4 Å². The minimum Gasteiger partial charge on any atom is -0.396 e. The first-order valence-electron chi connectivity index (χ1n) is 5.03. The molecule has 1 N–H and O–H groups in total. The number of amides is 1. The first-order chi connectivity index (χ1) is 7.22. The Morgan fingerprint density at radius 2 is 2.60 bits per heavy atom. The third-order valence-corrected chi connectivity index (χ3v) is 2.81. The molecule has 1 aromatic rings. The Morgan fingerprint density at radius 3 is 3.13 bits per heavy atom. The van der Waals surface area contributed by atoms with Gasteiger partial charge in [0.25, 0.3) is 5.91 Å². The van der Waals surface area contributed by atoms with Crippen LogP contribution < -0.4 is 0 Å². The molecule has 5 heteroatoms. The molecule has 1 aliphatic heterocycles. The van der Waals surface area contributed by atoms with Gasteiger partial charge in [0, 0.05) is 25.6 Å². The van der Waals surface area contributed by atoms with Crippen LogP contribution in [0.1, 0.15) is 22.5 Å². The molecule has 2 heterocycles. The van der Waals surface area contributed by atoms with Gasteiger partial charge in [0.2, 0.25) is 0 Å². The number of hydrogen-bond acceptors (Lipinski definition) is 4. The molecular formula is C10H14N2O3. The Bertz CT molecular complexity index is 361. The SMILES string of the molecule is Cc1oncc1C(=O)N1CCC(CO)C1. The van der Waals surface area contributed by atoms with Crippen molar-refractivity contribution in [2.24, 2.45) is 5.92 Å². The van der Waals surface area contributed by atoms with Gasteiger partial charge in [0.1, 0.15) is 11.3 Å². The van der Waals surface area contributed by atoms with Crippen LogP contribution in [-0.2, 0) is 0 Å². The van der Waals surface area contributed by atoms with Crippen molar-refractivity contribution >= 4 is 5.91 Å². The van der Waals surface area contributed by atoms with Gasteiger partial charge in [-0.25, -0.2) is 0 Å². The van der Waals surface area contributed by atoms with Gasteiger partial charge in [0.05, 0.1) is 6.20 Å². The van der Waals surface area contributed by atoms with E-state index in [0.717, 1.165) is 6.42 Å². The van der Waals surface area contributed by atoms with E-state index >= 15 is 0 Å². The predicted molar refractivity (Wildman–Crippen MR) is 52.3 cm³/mol. The van der Waals surface area contributed by atoms with Crippen LogP contribution in [-0.4, -0.2) is 40.8 Å². The topological polar surface area (TPSA) is 66.6 Å². The maximum absolute atomic E-state index is 11.9. The van der Waals surface area contributed by atoms with Crippen molar-refractivity contribution in [3.05, 3.63) is 17.5 Å². The van der Waals surface area contributed by atoms with E-state index in [0.29, 0.717) is 24.4 Å². The second-order valence-electron chi connectivity index (χ2n) is 3.88. The molecule has 1 aliphatic rings. The molecule has 1 amide bonds. The summed E-state index contributed by atoms with van der Waals surface area (Å²) in [5, 5.41) is 12.6. The zero-order chi connectivity index (χ0) is 10.8. The second-order valence-corrected chi connectivity index (χ2v) is 3.88. The van der Waals surface area contributed by atoms with Crippen LogP contribution in [0, 0.1) is 12.8 Å². The third kappa shape index (κ3) is 1.87. The van der Waals surface area contributed by atoms with E-state index in [2.05, 4.69) is 5.16 Å². The highest BCUT2D eigenvalue weighted by molar-refractivity contribution is 5.94. The quantitative estimate of drug-likeness (QED) is 0.769. The monoisotopic (exact) mass is 210 g/mol. The van der Waals surface area contributed by atoms with E-state index in [1.165, 1.54) is 6.20 Å². The lowest BCUT2D eigenvalue weighted by molar-refractivity contribution is 0.0780. The number of carbonyl (C=O) groups is 1. The number of likely N-dealkylation sites (tertiary alicyclic amines) is 1. The number of hydrogen-bond donors (Lipinski definition) is 1. The molecule has 2 rings (SSSR count). The first kappa shape index (κ1) is 10.2. The average molecular weight is 210 g/mol. The summed E-state index contributed by atoms with van der Waals surface area (Å²) in [4.78, 5) is 13.7. The molecule has 1 unspecified atom stereocenters. The first-order valence-corrected chi connectivity index (χ1v) is 5.03. The summed E-state index contributed by atoms with van der Waals surface area (Å²) < 4.78 is 4.85. The number of carbonyl (C=O) groups excluding carboxylic acids is 1. The van der Waals surface area contributed by atoms with Crippen LogP contribution in [0.2, 0.25) is 0 Å². The summed E-state index contributed by atoms with van der Waals surface area (Å²) in [6, 6.07) is 0. The van der Waals surface area contributed by atoms with Gasteiger partial charge in [-0.15, -0.1) is 0 Å². The van der Waals surface area contributed by atoms with Crippen LogP contribution in [0.4, 0.5) is 0 Å². The smallest absolute Gasteiger partial charge is 0.259 e. The van der Waals surface area contributed by atoms with Crippen molar-refractivity contribution < 1.29 is 14.4 Å². The largest absolute Gasteiger partial charge is 0.396 e. The molecule has 0 radical (unpaired) electrons. The van der Waals surface area contributed by atoms with Gasteiger partial charge in [0.15, 0.2) is 0 Å². The molecule has 1 aromatic heterocycles. The zero-order valence-electron chi connectivity index (χ0n) is 8.64. The number of aryl methyl sites for hydroxylation is 1. The van der Waals surface area contributed by atoms with Gasteiger partial charge in [-0.2, -0.15) is 0 Å². The Hall–Kier alpha value is -1.36. The highest BCUT2D eigenvalue weighted by Gasteiger charge is 2.28. The summed E-state index contributed by atoms with van der Waals surface area (Å²) in [5.41, 5.74) is 0.522. The molecule has 0 aromatic carbocycles. The molecule has 0 aliphatic carbocycles. The Labute approximate surface area is 87.7 Å². The maximum Gasteiger partial charge on any atom is 0.259 e. The molecule has 1 atom stereocenters. The van der Waals surface area contributed by atoms with E-state index < -0.39 is 0 Å². The van der Waals surface area contributed by atoms with Crippen molar-refractivity contribution in [3.63, 3.8) is 0 Å². The second kappa shape index (κ2) is 4.02.